The molecule has 0 unspecified atom stereocenters. The molecule has 0 atom stereocenters. The smallest absolute Gasteiger partial charge is 0.406 e. The molecule has 98 valence electrons. The second kappa shape index (κ2) is 5.39. The molecule has 0 aromatic heterocycles. The maximum Gasteiger partial charge on any atom is 0.573 e. The van der Waals surface area contributed by atoms with Gasteiger partial charge >= 0.3 is 6.36 Å². The molecule has 0 saturated heterocycles. The van der Waals surface area contributed by atoms with Crippen molar-refractivity contribution in [3.05, 3.63) is 29.8 Å². The van der Waals surface area contributed by atoms with Crippen molar-refractivity contribution in [1.29, 1.82) is 0 Å². The number of primary amides is 1. The van der Waals surface area contributed by atoms with Gasteiger partial charge in [-0.05, 0) is 24.3 Å². The van der Waals surface area contributed by atoms with Gasteiger partial charge in [-0.15, -0.1) is 13.2 Å². The fraction of sp³-hybridized carbons (Fsp3) is 0.200. The van der Waals surface area contributed by atoms with Crippen molar-refractivity contribution in [2.45, 2.75) is 6.36 Å². The minimum atomic E-state index is -4.78. The topological polar surface area (TPSA) is 81.4 Å². The molecule has 1 rings (SSSR count). The second-order valence-corrected chi connectivity index (χ2v) is 3.22. The summed E-state index contributed by atoms with van der Waals surface area (Å²) in [5.41, 5.74) is 4.90. The molecular formula is C10H9F3N2O3. The first-order chi connectivity index (χ1) is 8.28. The maximum atomic E-state index is 11.9. The summed E-state index contributed by atoms with van der Waals surface area (Å²) in [6.45, 7) is -0.348. The molecule has 0 aliphatic heterocycles. The van der Waals surface area contributed by atoms with E-state index in [1.807, 2.05) is 0 Å². The van der Waals surface area contributed by atoms with E-state index in [0.29, 0.717) is 0 Å². The Morgan fingerprint density at radius 3 is 2.22 bits per heavy atom. The van der Waals surface area contributed by atoms with Gasteiger partial charge < -0.3 is 15.8 Å². The summed E-state index contributed by atoms with van der Waals surface area (Å²) in [5, 5.41) is 2.19. The predicted molar refractivity (Wildman–Crippen MR) is 54.7 cm³/mol. The fourth-order valence-corrected chi connectivity index (χ4v) is 1.08. The molecule has 8 heteroatoms. The third-order valence-electron chi connectivity index (χ3n) is 1.77. The molecule has 0 saturated carbocycles. The number of nitrogens with two attached hydrogens (primary N) is 1. The minimum Gasteiger partial charge on any atom is -0.406 e. The van der Waals surface area contributed by atoms with Crippen LogP contribution in [0.15, 0.2) is 24.3 Å². The van der Waals surface area contributed by atoms with Crippen molar-refractivity contribution < 1.29 is 27.5 Å². The fourth-order valence-electron chi connectivity index (χ4n) is 1.08. The monoisotopic (exact) mass is 262 g/mol. The summed E-state index contributed by atoms with van der Waals surface area (Å²) in [6.07, 6.45) is -4.78. The van der Waals surface area contributed by atoms with Gasteiger partial charge in [-0.25, -0.2) is 0 Å². The number of ether oxygens (including phenoxy) is 1. The Kier molecular flexibility index (Phi) is 4.13. The summed E-state index contributed by atoms with van der Waals surface area (Å²) < 4.78 is 39.2. The highest BCUT2D eigenvalue weighted by Crippen LogP contribution is 2.22. The van der Waals surface area contributed by atoms with Gasteiger partial charge in [-0.2, -0.15) is 0 Å². The van der Waals surface area contributed by atoms with Crippen LogP contribution in [0.3, 0.4) is 0 Å². The van der Waals surface area contributed by atoms with Crippen LogP contribution in [0.4, 0.5) is 13.2 Å². The first kappa shape index (κ1) is 13.8. The van der Waals surface area contributed by atoms with Crippen LogP contribution in [0, 0.1) is 0 Å². The largest absolute Gasteiger partial charge is 0.573 e. The normalized spacial score (nSPS) is 10.8. The number of amides is 2. The molecule has 0 heterocycles. The first-order valence-electron chi connectivity index (χ1n) is 4.70. The third kappa shape index (κ3) is 4.73. The van der Waals surface area contributed by atoms with Crippen molar-refractivity contribution in [3.8, 4) is 5.75 Å². The van der Waals surface area contributed by atoms with Crippen LogP contribution < -0.4 is 15.8 Å². The quantitative estimate of drug-likeness (QED) is 0.842. The number of hydrogen-bond donors (Lipinski definition) is 2. The molecule has 0 aliphatic carbocycles. The number of carbonyl (C=O) groups excluding carboxylic acids is 2. The van der Waals surface area contributed by atoms with E-state index >= 15 is 0 Å². The number of benzene rings is 1. The average molecular weight is 262 g/mol. The second-order valence-electron chi connectivity index (χ2n) is 3.22. The Hall–Kier alpha value is -2.25. The maximum absolute atomic E-state index is 11.9. The van der Waals surface area contributed by atoms with Gasteiger partial charge in [0.1, 0.15) is 5.75 Å². The van der Waals surface area contributed by atoms with E-state index in [1.165, 1.54) is 0 Å². The van der Waals surface area contributed by atoms with Crippen molar-refractivity contribution in [2.24, 2.45) is 5.73 Å². The lowest BCUT2D eigenvalue weighted by atomic mass is 10.2. The summed E-state index contributed by atoms with van der Waals surface area (Å²) in [7, 11) is 0. The highest BCUT2D eigenvalue weighted by molar-refractivity contribution is 5.96. The molecule has 3 N–H and O–H groups in total. The molecule has 5 nitrogen and oxygen atoms in total. The summed E-state index contributed by atoms with van der Waals surface area (Å²) >= 11 is 0. The van der Waals surface area contributed by atoms with Crippen LogP contribution in [-0.4, -0.2) is 24.7 Å². The van der Waals surface area contributed by atoms with Gasteiger partial charge in [0.15, 0.2) is 0 Å². The van der Waals surface area contributed by atoms with E-state index < -0.39 is 23.9 Å². The van der Waals surface area contributed by atoms with Gasteiger partial charge in [-0.1, -0.05) is 0 Å². The Morgan fingerprint density at radius 2 is 1.78 bits per heavy atom. The van der Waals surface area contributed by atoms with E-state index in [-0.39, 0.29) is 12.1 Å². The number of nitrogens with one attached hydrogen (secondary N) is 1. The molecule has 0 fully saturated rings. The lowest BCUT2D eigenvalue weighted by molar-refractivity contribution is -0.274. The van der Waals surface area contributed by atoms with Crippen molar-refractivity contribution in [3.63, 3.8) is 0 Å². The van der Waals surface area contributed by atoms with Crippen molar-refractivity contribution in [1.82, 2.24) is 5.32 Å². The van der Waals surface area contributed by atoms with Crippen LogP contribution in [0.25, 0.3) is 0 Å². The Bertz CT molecular complexity index is 443. The van der Waals surface area contributed by atoms with Gasteiger partial charge in [0.05, 0.1) is 6.54 Å². The third-order valence-corrected chi connectivity index (χ3v) is 1.77. The van der Waals surface area contributed by atoms with E-state index in [2.05, 4.69) is 10.1 Å². The number of hydrogen-bond acceptors (Lipinski definition) is 3. The number of alkyl halides is 3. The van der Waals surface area contributed by atoms with Crippen LogP contribution in [0.1, 0.15) is 10.4 Å². The average Bonchev–Trinajstić information content (AvgIpc) is 2.24. The van der Waals surface area contributed by atoms with E-state index in [1.54, 1.807) is 0 Å². The van der Waals surface area contributed by atoms with Gasteiger partial charge in [0, 0.05) is 5.56 Å². The van der Waals surface area contributed by atoms with Gasteiger partial charge in [0.2, 0.25) is 5.91 Å². The van der Waals surface area contributed by atoms with E-state index in [9.17, 15) is 22.8 Å². The van der Waals surface area contributed by atoms with Crippen LogP contribution in [0.5, 0.6) is 5.75 Å². The Balaban J connectivity index is 2.65. The zero-order chi connectivity index (χ0) is 13.8. The lowest BCUT2D eigenvalue weighted by Gasteiger charge is -2.09. The summed E-state index contributed by atoms with van der Waals surface area (Å²) in [5.74, 6) is -1.78. The lowest BCUT2D eigenvalue weighted by Crippen LogP contribution is -2.33. The van der Waals surface area contributed by atoms with Crippen LogP contribution in [0.2, 0.25) is 0 Å². The Labute approximate surface area is 99.7 Å². The standard InChI is InChI=1S/C10H9F3N2O3/c11-10(12,13)18-7-3-1-6(2-4-7)9(17)15-5-8(14)16/h1-4H,5H2,(H2,14,16)(H,15,17). The van der Waals surface area contributed by atoms with Crippen LogP contribution in [-0.2, 0) is 4.79 Å². The van der Waals surface area contributed by atoms with Gasteiger partial charge in [-0.3, -0.25) is 9.59 Å². The highest BCUT2D eigenvalue weighted by Gasteiger charge is 2.31. The molecule has 18 heavy (non-hydrogen) atoms. The molecule has 0 aliphatic rings. The predicted octanol–water partition coefficient (Wildman–Crippen LogP) is 0.800. The van der Waals surface area contributed by atoms with Gasteiger partial charge in [0.25, 0.3) is 5.91 Å². The summed E-state index contributed by atoms with van der Waals surface area (Å²) in [6, 6.07) is 4.26. The molecular weight excluding hydrogens is 253 g/mol. The molecule has 1 aromatic rings. The zero-order valence-corrected chi connectivity index (χ0v) is 8.95. The van der Waals surface area contributed by atoms with Crippen LogP contribution >= 0.6 is 0 Å². The van der Waals surface area contributed by atoms with Crippen molar-refractivity contribution in [2.75, 3.05) is 6.54 Å². The minimum absolute atomic E-state index is 0.0887. The SMILES string of the molecule is NC(=O)CNC(=O)c1ccc(OC(F)(F)F)cc1. The molecule has 2 amide bonds. The molecule has 1 aromatic carbocycles. The van der Waals surface area contributed by atoms with Crippen molar-refractivity contribution >= 4 is 11.8 Å². The first-order valence-corrected chi connectivity index (χ1v) is 4.70. The number of carbonyl (C=O) groups is 2. The number of rotatable bonds is 4. The zero-order valence-electron chi connectivity index (χ0n) is 8.95. The molecule has 0 spiro atoms. The molecule has 0 bridgehead atoms. The highest BCUT2D eigenvalue weighted by atomic mass is 19.4. The summed E-state index contributed by atoms with van der Waals surface area (Å²) in [4.78, 5) is 21.8. The van der Waals surface area contributed by atoms with E-state index in [4.69, 9.17) is 5.73 Å². The Morgan fingerprint density at radius 1 is 1.22 bits per heavy atom. The molecule has 0 radical (unpaired) electrons. The van der Waals surface area contributed by atoms with E-state index in [0.717, 1.165) is 24.3 Å². The number of halogens is 3.